The minimum atomic E-state index is -4.02. The zero-order chi connectivity index (χ0) is 16.2. The number of carbonyl (C=O) groups is 1. The zero-order valence-corrected chi connectivity index (χ0v) is 13.0. The molecule has 21 heavy (non-hydrogen) atoms. The largest absolute Gasteiger partial charge is 0.380 e. The summed E-state index contributed by atoms with van der Waals surface area (Å²) in [6, 6.07) is 1.58. The molecule has 8 heteroatoms. The maximum absolute atomic E-state index is 13.8. The lowest BCUT2D eigenvalue weighted by atomic mass is 10.1. The second-order valence-corrected chi connectivity index (χ2v) is 6.21. The molecule has 118 valence electrons. The highest BCUT2D eigenvalue weighted by molar-refractivity contribution is 7.89. The van der Waals surface area contributed by atoms with Crippen molar-refractivity contribution in [3.8, 4) is 0 Å². The Morgan fingerprint density at radius 3 is 2.62 bits per heavy atom. The van der Waals surface area contributed by atoms with E-state index in [1.54, 1.807) is 6.92 Å². The van der Waals surface area contributed by atoms with Crippen LogP contribution in [0.15, 0.2) is 17.0 Å². The molecule has 6 nitrogen and oxygen atoms in total. The van der Waals surface area contributed by atoms with Crippen molar-refractivity contribution in [1.82, 2.24) is 5.32 Å². The molecule has 0 bridgehead atoms. The van der Waals surface area contributed by atoms with E-state index in [1.165, 1.54) is 6.92 Å². The SMILES string of the molecule is CCOCC(C)NC(=O)c1cc(S(N)(=O)=O)c(C)cc1F. The van der Waals surface area contributed by atoms with Gasteiger partial charge in [0.05, 0.1) is 17.1 Å². The van der Waals surface area contributed by atoms with Crippen molar-refractivity contribution in [2.24, 2.45) is 5.14 Å². The predicted molar refractivity (Wildman–Crippen MR) is 75.9 cm³/mol. The van der Waals surface area contributed by atoms with E-state index < -0.39 is 21.7 Å². The summed E-state index contributed by atoms with van der Waals surface area (Å²) in [5.41, 5.74) is -0.220. The molecular weight excluding hydrogens is 299 g/mol. The van der Waals surface area contributed by atoms with Gasteiger partial charge in [0.1, 0.15) is 5.82 Å². The van der Waals surface area contributed by atoms with E-state index in [0.29, 0.717) is 6.61 Å². The van der Waals surface area contributed by atoms with E-state index in [9.17, 15) is 17.6 Å². The van der Waals surface area contributed by atoms with Crippen molar-refractivity contribution < 1.29 is 22.3 Å². The van der Waals surface area contributed by atoms with Crippen molar-refractivity contribution in [3.63, 3.8) is 0 Å². The van der Waals surface area contributed by atoms with E-state index in [2.05, 4.69) is 5.32 Å². The Hall–Kier alpha value is -1.51. The molecule has 0 fully saturated rings. The Morgan fingerprint density at radius 2 is 2.10 bits per heavy atom. The first-order valence-electron chi connectivity index (χ1n) is 6.38. The molecule has 3 N–H and O–H groups in total. The van der Waals surface area contributed by atoms with Gasteiger partial charge in [0.25, 0.3) is 5.91 Å². The van der Waals surface area contributed by atoms with Gasteiger partial charge < -0.3 is 10.1 Å². The van der Waals surface area contributed by atoms with Gasteiger partial charge in [-0.15, -0.1) is 0 Å². The number of nitrogens with two attached hydrogens (primary N) is 1. The van der Waals surface area contributed by atoms with E-state index >= 15 is 0 Å². The number of amides is 1. The number of benzene rings is 1. The number of ether oxygens (including phenoxy) is 1. The average Bonchev–Trinajstić information content (AvgIpc) is 2.34. The molecular formula is C13H19FN2O4S. The number of sulfonamides is 1. The van der Waals surface area contributed by atoms with Gasteiger partial charge in [0, 0.05) is 12.6 Å². The molecule has 1 aromatic carbocycles. The molecule has 1 rings (SSSR count). The van der Waals surface area contributed by atoms with Crippen LogP contribution < -0.4 is 10.5 Å². The van der Waals surface area contributed by atoms with Crippen LogP contribution in [0.2, 0.25) is 0 Å². The molecule has 0 aromatic heterocycles. The molecule has 0 heterocycles. The van der Waals surface area contributed by atoms with Gasteiger partial charge in [-0.25, -0.2) is 17.9 Å². The topological polar surface area (TPSA) is 98.5 Å². The van der Waals surface area contributed by atoms with Crippen LogP contribution in [-0.2, 0) is 14.8 Å². The van der Waals surface area contributed by atoms with Crippen LogP contribution >= 0.6 is 0 Å². The fourth-order valence-electron chi connectivity index (χ4n) is 1.77. The standard InChI is InChI=1S/C13H19FN2O4S/c1-4-20-7-9(3)16-13(17)10-6-12(21(15,18)19)8(2)5-11(10)14/h5-6,9H,4,7H2,1-3H3,(H,16,17)(H2,15,18,19). The summed E-state index contributed by atoms with van der Waals surface area (Å²) < 4.78 is 41.8. The number of rotatable bonds is 6. The molecule has 0 radical (unpaired) electrons. The minimum Gasteiger partial charge on any atom is -0.380 e. The predicted octanol–water partition coefficient (Wildman–Crippen LogP) is 0.936. The van der Waals surface area contributed by atoms with Gasteiger partial charge in [-0.05, 0) is 38.5 Å². The average molecular weight is 318 g/mol. The fraction of sp³-hybridized carbons (Fsp3) is 0.462. The molecule has 0 saturated carbocycles. The molecule has 0 aliphatic heterocycles. The highest BCUT2D eigenvalue weighted by Gasteiger charge is 2.20. The Morgan fingerprint density at radius 1 is 1.48 bits per heavy atom. The lowest BCUT2D eigenvalue weighted by molar-refractivity contribution is 0.0868. The molecule has 1 amide bonds. The van der Waals surface area contributed by atoms with Gasteiger partial charge in [-0.1, -0.05) is 0 Å². The van der Waals surface area contributed by atoms with Crippen molar-refractivity contribution >= 4 is 15.9 Å². The summed E-state index contributed by atoms with van der Waals surface area (Å²) in [5, 5.41) is 7.57. The second kappa shape index (κ2) is 6.97. The van der Waals surface area contributed by atoms with Crippen LogP contribution in [0, 0.1) is 12.7 Å². The first kappa shape index (κ1) is 17.5. The zero-order valence-electron chi connectivity index (χ0n) is 12.1. The quantitative estimate of drug-likeness (QED) is 0.815. The first-order chi connectivity index (χ1) is 9.66. The normalized spacial score (nSPS) is 13.0. The number of carbonyl (C=O) groups excluding carboxylic acids is 1. The monoisotopic (exact) mass is 318 g/mol. The van der Waals surface area contributed by atoms with E-state index in [0.717, 1.165) is 12.1 Å². The van der Waals surface area contributed by atoms with Gasteiger partial charge >= 0.3 is 0 Å². The van der Waals surface area contributed by atoms with E-state index in [4.69, 9.17) is 9.88 Å². The Labute approximate surface area is 123 Å². The molecule has 1 unspecified atom stereocenters. The third-order valence-corrected chi connectivity index (χ3v) is 3.82. The van der Waals surface area contributed by atoms with E-state index in [1.807, 2.05) is 6.92 Å². The molecule has 1 aromatic rings. The van der Waals surface area contributed by atoms with Gasteiger partial charge in [-0.3, -0.25) is 4.79 Å². The number of nitrogens with one attached hydrogen (secondary N) is 1. The lowest BCUT2D eigenvalue weighted by Crippen LogP contribution is -2.36. The van der Waals surface area contributed by atoms with E-state index in [-0.39, 0.29) is 28.7 Å². The van der Waals surface area contributed by atoms with Gasteiger partial charge in [-0.2, -0.15) is 0 Å². The third-order valence-electron chi connectivity index (χ3n) is 2.77. The van der Waals surface area contributed by atoms with Crippen molar-refractivity contribution in [2.45, 2.75) is 31.7 Å². The first-order valence-corrected chi connectivity index (χ1v) is 7.93. The molecule has 0 saturated heterocycles. The highest BCUT2D eigenvalue weighted by Crippen LogP contribution is 2.19. The Kier molecular flexibility index (Phi) is 5.82. The summed E-state index contributed by atoms with van der Waals surface area (Å²) >= 11 is 0. The molecule has 0 spiro atoms. The Bertz CT molecular complexity index is 631. The number of hydrogen-bond acceptors (Lipinski definition) is 4. The third kappa shape index (κ3) is 4.76. The smallest absolute Gasteiger partial charge is 0.254 e. The minimum absolute atomic E-state index is 0.147. The second-order valence-electron chi connectivity index (χ2n) is 4.68. The summed E-state index contributed by atoms with van der Waals surface area (Å²) in [4.78, 5) is 11.7. The summed E-state index contributed by atoms with van der Waals surface area (Å²) in [6.07, 6.45) is 0. The summed E-state index contributed by atoms with van der Waals surface area (Å²) in [6.45, 7) is 5.68. The number of halogens is 1. The maximum Gasteiger partial charge on any atom is 0.254 e. The fourth-order valence-corrected chi connectivity index (χ4v) is 2.56. The summed E-state index contributed by atoms with van der Waals surface area (Å²) in [7, 11) is -4.02. The van der Waals surface area contributed by atoms with Crippen LogP contribution in [0.4, 0.5) is 4.39 Å². The molecule has 0 aliphatic rings. The number of primary sulfonamides is 1. The van der Waals surface area contributed by atoms with Crippen LogP contribution in [0.1, 0.15) is 29.8 Å². The molecule has 0 aliphatic carbocycles. The maximum atomic E-state index is 13.8. The lowest BCUT2D eigenvalue weighted by Gasteiger charge is -2.15. The van der Waals surface area contributed by atoms with Gasteiger partial charge in [0.15, 0.2) is 0 Å². The Balaban J connectivity index is 3.05. The van der Waals surface area contributed by atoms with Crippen LogP contribution in [0.5, 0.6) is 0 Å². The van der Waals surface area contributed by atoms with Crippen molar-refractivity contribution in [1.29, 1.82) is 0 Å². The highest BCUT2D eigenvalue weighted by atomic mass is 32.2. The van der Waals surface area contributed by atoms with Crippen molar-refractivity contribution in [2.75, 3.05) is 13.2 Å². The van der Waals surface area contributed by atoms with Crippen LogP contribution in [0.3, 0.4) is 0 Å². The number of aryl methyl sites for hydroxylation is 1. The molecule has 1 atom stereocenters. The number of hydrogen-bond donors (Lipinski definition) is 2. The van der Waals surface area contributed by atoms with Crippen molar-refractivity contribution in [3.05, 3.63) is 29.1 Å². The van der Waals surface area contributed by atoms with Crippen LogP contribution in [0.25, 0.3) is 0 Å². The summed E-state index contributed by atoms with van der Waals surface area (Å²) in [5.74, 6) is -1.52. The van der Waals surface area contributed by atoms with Gasteiger partial charge in [0.2, 0.25) is 10.0 Å². The van der Waals surface area contributed by atoms with Crippen LogP contribution in [-0.4, -0.2) is 33.6 Å².